The number of hydrogen-bond donors (Lipinski definition) is 1. The molecule has 0 spiro atoms. The van der Waals surface area contributed by atoms with E-state index < -0.39 is 11.6 Å². The zero-order valence-corrected chi connectivity index (χ0v) is 23.9. The van der Waals surface area contributed by atoms with Crippen LogP contribution >= 0.6 is 11.8 Å². The molecule has 0 fully saturated rings. The predicted molar refractivity (Wildman–Crippen MR) is 158 cm³/mol. The molecule has 0 bridgehead atoms. The Balaban J connectivity index is 1.68. The summed E-state index contributed by atoms with van der Waals surface area (Å²) in [5.74, 6) is 0.586. The van der Waals surface area contributed by atoms with Crippen LogP contribution in [0.3, 0.4) is 0 Å². The van der Waals surface area contributed by atoms with E-state index in [1.807, 2.05) is 44.4 Å². The first-order chi connectivity index (χ1) is 19.7. The Morgan fingerprint density at radius 2 is 1.71 bits per heavy atom. The molecule has 2 heterocycles. The molecule has 0 unspecified atom stereocenters. The summed E-state index contributed by atoms with van der Waals surface area (Å²) in [6.07, 6.45) is 3.66. The zero-order valence-electron chi connectivity index (χ0n) is 23.1. The highest BCUT2D eigenvalue weighted by molar-refractivity contribution is 7.97. The number of furan rings is 1. The minimum Gasteiger partial charge on any atom is -0.491 e. The van der Waals surface area contributed by atoms with Gasteiger partial charge in [0.2, 0.25) is 0 Å². The third kappa shape index (κ3) is 5.73. The first-order valence-corrected chi connectivity index (χ1v) is 14.3. The van der Waals surface area contributed by atoms with Crippen LogP contribution in [0.25, 0.3) is 33.4 Å². The van der Waals surface area contributed by atoms with E-state index in [0.29, 0.717) is 39.4 Å². The molecule has 0 aliphatic rings. The SMILES string of the molecule is CSCc1ccc(Oc2ccc(F)cc2F)c(-c2cn(C)c(=O)c3cc(-c4cc(C)c(OCCO)c(C)c4)oc23)c1. The van der Waals surface area contributed by atoms with Crippen LogP contribution in [0.1, 0.15) is 16.7 Å². The van der Waals surface area contributed by atoms with Gasteiger partial charge in [0.25, 0.3) is 5.56 Å². The van der Waals surface area contributed by atoms with Gasteiger partial charge < -0.3 is 23.6 Å². The standard InChI is InChI=1S/C32H29F2NO5S/c1-18-11-21(12-19(2)30(18)38-10-9-36)29-15-24-31(40-29)25(16-35(3)32(24)37)23-13-20(17-41-4)5-7-27(23)39-28-8-6-22(33)14-26(28)34/h5-8,11-16,36H,9-10,17H2,1-4H3. The van der Waals surface area contributed by atoms with Crippen LogP contribution in [-0.4, -0.2) is 29.1 Å². The minimum absolute atomic E-state index is 0.0894. The number of fused-ring (bicyclic) bond motifs is 1. The molecule has 5 aromatic rings. The molecule has 0 aliphatic heterocycles. The Labute approximate surface area is 240 Å². The van der Waals surface area contributed by atoms with Gasteiger partial charge in [0, 0.05) is 41.8 Å². The van der Waals surface area contributed by atoms with Gasteiger partial charge in [-0.15, -0.1) is 0 Å². The molecule has 0 atom stereocenters. The lowest BCUT2D eigenvalue weighted by molar-refractivity contribution is 0.200. The second-order valence-electron chi connectivity index (χ2n) is 9.76. The van der Waals surface area contributed by atoms with Crippen molar-refractivity contribution in [2.24, 2.45) is 7.05 Å². The number of aromatic nitrogens is 1. The quantitative estimate of drug-likeness (QED) is 0.197. The van der Waals surface area contributed by atoms with Crippen molar-refractivity contribution in [3.63, 3.8) is 0 Å². The topological polar surface area (TPSA) is 73.8 Å². The number of aryl methyl sites for hydroxylation is 3. The smallest absolute Gasteiger partial charge is 0.261 e. The highest BCUT2D eigenvalue weighted by Gasteiger charge is 2.21. The number of ether oxygens (including phenoxy) is 2. The summed E-state index contributed by atoms with van der Waals surface area (Å²) in [5, 5.41) is 9.53. The molecule has 0 aliphatic carbocycles. The van der Waals surface area contributed by atoms with E-state index in [9.17, 15) is 13.6 Å². The molecule has 0 saturated carbocycles. The lowest BCUT2D eigenvalue weighted by Crippen LogP contribution is -2.15. The van der Waals surface area contributed by atoms with E-state index in [1.54, 1.807) is 37.1 Å². The summed E-state index contributed by atoms with van der Waals surface area (Å²) in [6.45, 7) is 3.92. The van der Waals surface area contributed by atoms with Gasteiger partial charge in [-0.05, 0) is 79.3 Å². The second-order valence-corrected chi connectivity index (χ2v) is 10.6. The van der Waals surface area contributed by atoms with Crippen LogP contribution in [0.5, 0.6) is 17.2 Å². The number of thioether (sulfide) groups is 1. The lowest BCUT2D eigenvalue weighted by atomic mass is 10.0. The lowest BCUT2D eigenvalue weighted by Gasteiger charge is -2.15. The molecule has 0 amide bonds. The van der Waals surface area contributed by atoms with Crippen LogP contribution in [0, 0.1) is 25.5 Å². The van der Waals surface area contributed by atoms with Crippen molar-refractivity contribution >= 4 is 22.7 Å². The Morgan fingerprint density at radius 1 is 0.976 bits per heavy atom. The van der Waals surface area contributed by atoms with Crippen molar-refractivity contribution < 1.29 is 27.8 Å². The van der Waals surface area contributed by atoms with Gasteiger partial charge in [0.05, 0.1) is 12.0 Å². The number of benzene rings is 3. The van der Waals surface area contributed by atoms with Crippen molar-refractivity contribution in [3.05, 3.63) is 99.5 Å². The fourth-order valence-corrected chi connectivity index (χ4v) is 5.38. The van der Waals surface area contributed by atoms with Crippen LogP contribution in [0.15, 0.2) is 70.0 Å². The molecule has 2 aromatic heterocycles. The molecule has 0 saturated heterocycles. The number of aliphatic hydroxyl groups excluding tert-OH is 1. The summed E-state index contributed by atoms with van der Waals surface area (Å²) >= 11 is 1.65. The third-order valence-electron chi connectivity index (χ3n) is 6.69. The molecule has 1 N–H and O–H groups in total. The highest BCUT2D eigenvalue weighted by Crippen LogP contribution is 2.41. The molecular formula is C32H29F2NO5S. The van der Waals surface area contributed by atoms with Crippen molar-refractivity contribution in [1.82, 2.24) is 4.57 Å². The number of pyridine rings is 1. The average Bonchev–Trinajstić information content (AvgIpc) is 3.39. The first-order valence-electron chi connectivity index (χ1n) is 12.9. The molecule has 3 aromatic carbocycles. The van der Waals surface area contributed by atoms with Crippen LogP contribution in [-0.2, 0) is 12.8 Å². The van der Waals surface area contributed by atoms with Crippen molar-refractivity contribution in [2.75, 3.05) is 19.5 Å². The minimum atomic E-state index is -0.827. The maximum absolute atomic E-state index is 14.5. The Morgan fingerprint density at radius 3 is 2.39 bits per heavy atom. The maximum atomic E-state index is 14.5. The van der Waals surface area contributed by atoms with Crippen molar-refractivity contribution in [1.29, 1.82) is 0 Å². The monoisotopic (exact) mass is 577 g/mol. The first kappa shape index (κ1) is 28.4. The van der Waals surface area contributed by atoms with E-state index in [-0.39, 0.29) is 24.5 Å². The van der Waals surface area contributed by atoms with E-state index in [1.165, 1.54) is 10.6 Å². The summed E-state index contributed by atoms with van der Waals surface area (Å²) in [7, 11) is 1.66. The molecule has 0 radical (unpaired) electrons. The van der Waals surface area contributed by atoms with Crippen LogP contribution in [0.2, 0.25) is 0 Å². The number of halogens is 2. The van der Waals surface area contributed by atoms with Gasteiger partial charge in [-0.3, -0.25) is 4.79 Å². The van der Waals surface area contributed by atoms with Crippen LogP contribution in [0.4, 0.5) is 8.78 Å². The molecule has 41 heavy (non-hydrogen) atoms. The van der Waals surface area contributed by atoms with Crippen LogP contribution < -0.4 is 15.0 Å². The van der Waals surface area contributed by atoms with Gasteiger partial charge in [0.15, 0.2) is 11.6 Å². The van der Waals surface area contributed by atoms with Gasteiger partial charge in [-0.25, -0.2) is 8.78 Å². The number of aliphatic hydroxyl groups is 1. The molecule has 6 nitrogen and oxygen atoms in total. The van der Waals surface area contributed by atoms with E-state index in [0.717, 1.165) is 40.1 Å². The highest BCUT2D eigenvalue weighted by atomic mass is 32.2. The van der Waals surface area contributed by atoms with Gasteiger partial charge >= 0.3 is 0 Å². The number of rotatable bonds is 9. The van der Waals surface area contributed by atoms with Gasteiger partial charge in [0.1, 0.15) is 35.3 Å². The fraction of sp³-hybridized carbons (Fsp3) is 0.219. The number of hydrogen-bond acceptors (Lipinski definition) is 6. The summed E-state index contributed by atoms with van der Waals surface area (Å²) in [4.78, 5) is 13.2. The summed E-state index contributed by atoms with van der Waals surface area (Å²) in [6, 6.07) is 14.2. The summed E-state index contributed by atoms with van der Waals surface area (Å²) < 4.78 is 47.6. The summed E-state index contributed by atoms with van der Waals surface area (Å²) in [5.41, 5.74) is 4.81. The fourth-order valence-electron chi connectivity index (χ4n) is 4.86. The van der Waals surface area contributed by atoms with Crippen molar-refractivity contribution in [3.8, 4) is 39.7 Å². The largest absolute Gasteiger partial charge is 0.491 e. The predicted octanol–water partition coefficient (Wildman–Crippen LogP) is 7.39. The van der Waals surface area contributed by atoms with E-state index in [2.05, 4.69) is 0 Å². The van der Waals surface area contributed by atoms with Gasteiger partial charge in [-0.2, -0.15) is 11.8 Å². The second kappa shape index (κ2) is 11.8. The Bertz CT molecular complexity index is 1790. The van der Waals surface area contributed by atoms with E-state index >= 15 is 0 Å². The van der Waals surface area contributed by atoms with Crippen molar-refractivity contribution in [2.45, 2.75) is 19.6 Å². The average molecular weight is 578 g/mol. The molecule has 212 valence electrons. The molecule has 9 heteroatoms. The normalized spacial score (nSPS) is 11.3. The number of nitrogens with zero attached hydrogens (tertiary/aromatic N) is 1. The third-order valence-corrected chi connectivity index (χ3v) is 7.31. The van der Waals surface area contributed by atoms with Gasteiger partial charge in [-0.1, -0.05) is 6.07 Å². The molecular weight excluding hydrogens is 548 g/mol. The van der Waals surface area contributed by atoms with E-state index in [4.69, 9.17) is 19.0 Å². The Kier molecular flexibility index (Phi) is 8.19. The molecule has 5 rings (SSSR count). The Hall–Kier alpha value is -4.08. The maximum Gasteiger partial charge on any atom is 0.261 e. The zero-order chi connectivity index (χ0) is 29.3.